The fraction of sp³-hybridized carbons (Fsp3) is 0.125. The van der Waals surface area contributed by atoms with E-state index < -0.39 is 17.2 Å². The first-order chi connectivity index (χ1) is 15.1. The summed E-state index contributed by atoms with van der Waals surface area (Å²) in [5.41, 5.74) is 0.112. The molecule has 4 rings (SSSR count). The summed E-state index contributed by atoms with van der Waals surface area (Å²) in [4.78, 5) is 38.1. The lowest BCUT2D eigenvalue weighted by atomic mass is 10.2. The predicted octanol–water partition coefficient (Wildman–Crippen LogP) is 3.61. The maximum atomic E-state index is 12.8. The highest BCUT2D eigenvalue weighted by Gasteiger charge is 2.14. The van der Waals surface area contributed by atoms with Crippen LogP contribution in [0.4, 0.5) is 5.69 Å². The van der Waals surface area contributed by atoms with E-state index in [-0.39, 0.29) is 6.54 Å². The van der Waals surface area contributed by atoms with Crippen molar-refractivity contribution < 1.29 is 9.53 Å². The van der Waals surface area contributed by atoms with Crippen molar-refractivity contribution in [3.05, 3.63) is 99.7 Å². The van der Waals surface area contributed by atoms with Crippen molar-refractivity contribution in [3.8, 4) is 11.5 Å². The Kier molecular flexibility index (Phi) is 5.66. The van der Waals surface area contributed by atoms with E-state index in [2.05, 4.69) is 5.32 Å². The highest BCUT2D eigenvalue weighted by Crippen LogP contribution is 2.22. The van der Waals surface area contributed by atoms with Gasteiger partial charge >= 0.3 is 5.69 Å². The highest BCUT2D eigenvalue weighted by atomic mass is 16.5. The number of rotatable bonds is 6. The maximum absolute atomic E-state index is 12.8. The molecule has 7 heteroatoms. The van der Waals surface area contributed by atoms with Crippen LogP contribution >= 0.6 is 0 Å². The molecular weight excluding hydrogens is 394 g/mol. The molecule has 1 heterocycles. The van der Waals surface area contributed by atoms with E-state index in [0.717, 1.165) is 4.57 Å². The Morgan fingerprint density at radius 1 is 0.839 bits per heavy atom. The van der Waals surface area contributed by atoms with Crippen LogP contribution in [0.3, 0.4) is 0 Å². The number of hydrogen-bond acceptors (Lipinski definition) is 4. The quantitative estimate of drug-likeness (QED) is 0.522. The van der Waals surface area contributed by atoms with E-state index in [1.165, 1.54) is 4.57 Å². The molecule has 156 valence electrons. The van der Waals surface area contributed by atoms with E-state index >= 15 is 0 Å². The van der Waals surface area contributed by atoms with Crippen molar-refractivity contribution in [2.24, 2.45) is 0 Å². The third-order valence-corrected chi connectivity index (χ3v) is 4.87. The van der Waals surface area contributed by atoms with Crippen LogP contribution in [-0.2, 0) is 17.9 Å². The number of fused-ring (bicyclic) bond motifs is 1. The molecule has 0 spiro atoms. The summed E-state index contributed by atoms with van der Waals surface area (Å²) in [6.45, 7) is 1.84. The molecule has 4 aromatic rings. The average molecular weight is 415 g/mol. The Morgan fingerprint density at radius 3 is 2.19 bits per heavy atom. The lowest BCUT2D eigenvalue weighted by Crippen LogP contribution is -2.42. The van der Waals surface area contributed by atoms with Crippen molar-refractivity contribution in [2.45, 2.75) is 20.0 Å². The van der Waals surface area contributed by atoms with Crippen LogP contribution < -0.4 is 21.3 Å². The molecule has 0 unspecified atom stereocenters. The van der Waals surface area contributed by atoms with Crippen LogP contribution in [0, 0.1) is 0 Å². The van der Waals surface area contributed by atoms with Crippen LogP contribution in [0.25, 0.3) is 10.9 Å². The summed E-state index contributed by atoms with van der Waals surface area (Å²) in [7, 11) is 0. The van der Waals surface area contributed by atoms with E-state index in [1.807, 2.05) is 37.3 Å². The van der Waals surface area contributed by atoms with Crippen molar-refractivity contribution >= 4 is 22.5 Å². The average Bonchev–Trinajstić information content (AvgIpc) is 2.79. The number of ether oxygens (including phenoxy) is 1. The molecule has 1 aromatic heterocycles. The van der Waals surface area contributed by atoms with Gasteiger partial charge in [-0.2, -0.15) is 0 Å². The standard InChI is InChI=1S/C24H21N3O4/c1-2-26-21-11-7-6-10-20(21)23(29)27(24(26)30)16-22(28)25-17-12-14-19(15-13-17)31-18-8-4-3-5-9-18/h3-15H,2,16H2,1H3,(H,25,28). The largest absolute Gasteiger partial charge is 0.457 e. The van der Waals surface area contributed by atoms with E-state index in [0.29, 0.717) is 34.6 Å². The molecule has 0 bridgehead atoms. The van der Waals surface area contributed by atoms with Crippen LogP contribution in [0.15, 0.2) is 88.5 Å². The van der Waals surface area contributed by atoms with Crippen molar-refractivity contribution in [2.75, 3.05) is 5.32 Å². The van der Waals surface area contributed by atoms with Crippen molar-refractivity contribution in [3.63, 3.8) is 0 Å². The second kappa shape index (κ2) is 8.71. The van der Waals surface area contributed by atoms with Crippen LogP contribution in [0.2, 0.25) is 0 Å². The number of nitrogens with one attached hydrogen (secondary N) is 1. The van der Waals surface area contributed by atoms with Gasteiger partial charge in [0.1, 0.15) is 18.0 Å². The number of para-hydroxylation sites is 2. The summed E-state index contributed by atoms with van der Waals surface area (Å²) < 4.78 is 8.18. The number of carbonyl (C=O) groups is 1. The minimum atomic E-state index is -0.507. The van der Waals surface area contributed by atoms with Gasteiger partial charge < -0.3 is 10.1 Å². The molecule has 0 radical (unpaired) electrons. The van der Waals surface area contributed by atoms with Crippen molar-refractivity contribution in [1.82, 2.24) is 9.13 Å². The number of benzene rings is 3. The van der Waals surface area contributed by atoms with Gasteiger partial charge in [-0.15, -0.1) is 0 Å². The minimum absolute atomic E-state index is 0.370. The molecule has 0 saturated carbocycles. The number of nitrogens with zero attached hydrogens (tertiary/aromatic N) is 2. The zero-order valence-corrected chi connectivity index (χ0v) is 16.9. The van der Waals surface area contributed by atoms with Gasteiger partial charge in [0.05, 0.1) is 10.9 Å². The van der Waals surface area contributed by atoms with E-state index in [9.17, 15) is 14.4 Å². The molecule has 0 aliphatic rings. The smallest absolute Gasteiger partial charge is 0.331 e. The van der Waals surface area contributed by atoms with Crippen LogP contribution in [0.5, 0.6) is 11.5 Å². The second-order valence-electron chi connectivity index (χ2n) is 6.92. The fourth-order valence-corrected chi connectivity index (χ4v) is 3.39. The Bertz CT molecular complexity index is 1340. The van der Waals surface area contributed by atoms with E-state index in [4.69, 9.17) is 4.74 Å². The first-order valence-electron chi connectivity index (χ1n) is 9.92. The second-order valence-corrected chi connectivity index (χ2v) is 6.92. The Morgan fingerprint density at radius 2 is 1.48 bits per heavy atom. The molecule has 0 aliphatic heterocycles. The number of anilines is 1. The van der Waals surface area contributed by atoms with Crippen molar-refractivity contribution in [1.29, 1.82) is 0 Å². The molecule has 0 atom stereocenters. The summed E-state index contributed by atoms with van der Waals surface area (Å²) in [5, 5.41) is 3.12. The third kappa shape index (κ3) is 4.25. The minimum Gasteiger partial charge on any atom is -0.457 e. The van der Waals surface area contributed by atoms with Gasteiger partial charge in [-0.05, 0) is 55.5 Å². The first kappa shape index (κ1) is 20.2. The lowest BCUT2D eigenvalue weighted by Gasteiger charge is -2.13. The van der Waals surface area contributed by atoms with Gasteiger partial charge in [-0.25, -0.2) is 4.79 Å². The zero-order valence-electron chi connectivity index (χ0n) is 16.9. The molecule has 0 fully saturated rings. The SMILES string of the molecule is CCn1c(=O)n(CC(=O)Nc2ccc(Oc3ccccc3)cc2)c(=O)c2ccccc21. The normalized spacial score (nSPS) is 10.7. The Hall–Kier alpha value is -4.13. The van der Waals surface area contributed by atoms with Crippen LogP contribution in [0.1, 0.15) is 6.92 Å². The lowest BCUT2D eigenvalue weighted by molar-refractivity contribution is -0.116. The molecule has 1 amide bonds. The Labute approximate surface area is 178 Å². The summed E-state index contributed by atoms with van der Waals surface area (Å²) in [6.07, 6.45) is 0. The number of amides is 1. The van der Waals surface area contributed by atoms with Gasteiger partial charge in [-0.3, -0.25) is 18.7 Å². The number of aromatic nitrogens is 2. The topological polar surface area (TPSA) is 82.3 Å². The molecular formula is C24H21N3O4. The summed E-state index contributed by atoms with van der Waals surface area (Å²) in [5.74, 6) is 0.872. The number of aryl methyl sites for hydroxylation is 1. The van der Waals surface area contributed by atoms with Gasteiger partial charge in [0.2, 0.25) is 5.91 Å². The molecule has 7 nitrogen and oxygen atoms in total. The maximum Gasteiger partial charge on any atom is 0.331 e. The Balaban J connectivity index is 1.52. The fourth-order valence-electron chi connectivity index (χ4n) is 3.39. The van der Waals surface area contributed by atoms with Gasteiger partial charge in [0, 0.05) is 12.2 Å². The highest BCUT2D eigenvalue weighted by molar-refractivity contribution is 5.90. The monoisotopic (exact) mass is 415 g/mol. The molecule has 0 saturated heterocycles. The van der Waals surface area contributed by atoms with Gasteiger partial charge in [-0.1, -0.05) is 30.3 Å². The summed E-state index contributed by atoms with van der Waals surface area (Å²) >= 11 is 0. The van der Waals surface area contributed by atoms with Crippen LogP contribution in [-0.4, -0.2) is 15.0 Å². The zero-order chi connectivity index (χ0) is 21.8. The summed E-state index contributed by atoms with van der Waals surface area (Å²) in [6, 6.07) is 23.1. The van der Waals surface area contributed by atoms with Gasteiger partial charge in [0.25, 0.3) is 5.56 Å². The molecule has 31 heavy (non-hydrogen) atoms. The predicted molar refractivity (Wildman–Crippen MR) is 120 cm³/mol. The number of hydrogen-bond donors (Lipinski definition) is 1. The molecule has 0 aliphatic carbocycles. The molecule has 1 N–H and O–H groups in total. The third-order valence-electron chi connectivity index (χ3n) is 4.87. The van der Waals surface area contributed by atoms with E-state index in [1.54, 1.807) is 48.5 Å². The molecule has 3 aromatic carbocycles. The van der Waals surface area contributed by atoms with Gasteiger partial charge in [0.15, 0.2) is 0 Å². The first-order valence-corrected chi connectivity index (χ1v) is 9.92. The number of carbonyl (C=O) groups excluding carboxylic acids is 1.